The monoisotopic (exact) mass is 347 g/mol. The van der Waals surface area contributed by atoms with Crippen molar-refractivity contribution in [1.82, 2.24) is 0 Å². The zero-order chi connectivity index (χ0) is 18.6. The molecule has 0 saturated carbocycles. The number of amides is 1. The number of halogens is 2. The first-order chi connectivity index (χ1) is 11.8. The molecule has 4 nitrogen and oxygen atoms in total. The first-order valence-corrected chi connectivity index (χ1v) is 7.78. The van der Waals surface area contributed by atoms with Crippen LogP contribution >= 0.6 is 0 Å². The van der Waals surface area contributed by atoms with Gasteiger partial charge in [0.1, 0.15) is 0 Å². The second-order valence-corrected chi connectivity index (χ2v) is 5.85. The fraction of sp³-hybridized carbons (Fsp3) is 0.263. The largest absolute Gasteiger partial charge is 0.452 e. The van der Waals surface area contributed by atoms with E-state index in [-0.39, 0.29) is 12.1 Å². The van der Waals surface area contributed by atoms with Crippen LogP contribution in [-0.4, -0.2) is 18.0 Å². The molecule has 0 aliphatic carbocycles. The Bertz CT molecular complexity index is 805. The Hall–Kier alpha value is -2.76. The number of ether oxygens (including phenoxy) is 1. The van der Waals surface area contributed by atoms with Gasteiger partial charge < -0.3 is 10.1 Å². The molecule has 0 bridgehead atoms. The van der Waals surface area contributed by atoms with Gasteiger partial charge in [-0.15, -0.1) is 0 Å². The molecule has 0 saturated heterocycles. The summed E-state index contributed by atoms with van der Waals surface area (Å²) in [6.07, 6.45) is -1.02. The van der Waals surface area contributed by atoms with Gasteiger partial charge in [0.05, 0.1) is 6.42 Å². The molecule has 0 aliphatic heterocycles. The number of esters is 1. The first-order valence-electron chi connectivity index (χ1n) is 7.78. The number of aryl methyl sites for hydroxylation is 2. The molecule has 0 unspecified atom stereocenters. The van der Waals surface area contributed by atoms with E-state index < -0.39 is 29.6 Å². The summed E-state index contributed by atoms with van der Waals surface area (Å²) in [5.74, 6) is -3.25. The van der Waals surface area contributed by atoms with Gasteiger partial charge in [-0.25, -0.2) is 8.78 Å². The van der Waals surface area contributed by atoms with Crippen LogP contribution in [0.15, 0.2) is 36.4 Å². The number of nitrogens with one attached hydrogen (secondary N) is 1. The number of hydrogen-bond donors (Lipinski definition) is 1. The van der Waals surface area contributed by atoms with Crippen molar-refractivity contribution in [1.29, 1.82) is 0 Å². The summed E-state index contributed by atoms with van der Waals surface area (Å²) in [5.41, 5.74) is 3.06. The Kier molecular flexibility index (Phi) is 5.85. The molecule has 1 N–H and O–H groups in total. The number of carbonyl (C=O) groups excluding carboxylic acids is 2. The number of hydrogen-bond acceptors (Lipinski definition) is 3. The van der Waals surface area contributed by atoms with Gasteiger partial charge in [0, 0.05) is 11.8 Å². The van der Waals surface area contributed by atoms with E-state index in [4.69, 9.17) is 4.74 Å². The van der Waals surface area contributed by atoms with Crippen molar-refractivity contribution < 1.29 is 23.1 Å². The molecule has 0 aliphatic rings. The lowest BCUT2D eigenvalue weighted by Crippen LogP contribution is -2.30. The van der Waals surface area contributed by atoms with E-state index in [1.165, 1.54) is 13.0 Å². The van der Waals surface area contributed by atoms with Crippen LogP contribution in [0, 0.1) is 25.5 Å². The number of benzene rings is 2. The second kappa shape index (κ2) is 7.88. The molecule has 0 radical (unpaired) electrons. The number of anilines is 1. The molecule has 1 amide bonds. The maximum absolute atomic E-state index is 13.1. The van der Waals surface area contributed by atoms with Crippen molar-refractivity contribution in [2.75, 3.05) is 5.32 Å². The van der Waals surface area contributed by atoms with E-state index >= 15 is 0 Å². The maximum Gasteiger partial charge on any atom is 0.311 e. The normalized spacial score (nSPS) is 11.7. The minimum Gasteiger partial charge on any atom is -0.452 e. The SMILES string of the molecule is Cc1ccc(CC(=O)O[C@H](C)C(=O)Nc2ccc(F)c(F)c2)cc1C. The second-order valence-electron chi connectivity index (χ2n) is 5.85. The molecule has 0 fully saturated rings. The zero-order valence-corrected chi connectivity index (χ0v) is 14.2. The molecule has 6 heteroatoms. The van der Waals surface area contributed by atoms with Crippen LogP contribution < -0.4 is 5.32 Å². The van der Waals surface area contributed by atoms with Crippen LogP contribution in [0.5, 0.6) is 0 Å². The van der Waals surface area contributed by atoms with Crippen molar-refractivity contribution in [3.8, 4) is 0 Å². The van der Waals surface area contributed by atoms with Crippen LogP contribution in [0.2, 0.25) is 0 Å². The molecule has 132 valence electrons. The predicted molar refractivity (Wildman–Crippen MR) is 90.2 cm³/mol. The van der Waals surface area contributed by atoms with Gasteiger partial charge in [-0.1, -0.05) is 18.2 Å². The fourth-order valence-electron chi connectivity index (χ4n) is 2.19. The van der Waals surface area contributed by atoms with Crippen LogP contribution in [0.4, 0.5) is 14.5 Å². The summed E-state index contributed by atoms with van der Waals surface area (Å²) in [4.78, 5) is 24.0. The third kappa shape index (κ3) is 5.11. The Morgan fingerprint density at radius 3 is 2.40 bits per heavy atom. The van der Waals surface area contributed by atoms with Gasteiger partial charge in [-0.2, -0.15) is 0 Å². The van der Waals surface area contributed by atoms with Gasteiger partial charge in [0.15, 0.2) is 17.7 Å². The highest BCUT2D eigenvalue weighted by molar-refractivity contribution is 5.95. The van der Waals surface area contributed by atoms with Crippen molar-refractivity contribution in [3.05, 3.63) is 64.7 Å². The van der Waals surface area contributed by atoms with E-state index in [1.807, 2.05) is 32.0 Å². The van der Waals surface area contributed by atoms with E-state index in [9.17, 15) is 18.4 Å². The molecule has 0 spiro atoms. The molecule has 1 atom stereocenters. The zero-order valence-electron chi connectivity index (χ0n) is 14.2. The number of carbonyl (C=O) groups is 2. The smallest absolute Gasteiger partial charge is 0.311 e. The summed E-state index contributed by atoms with van der Waals surface area (Å²) in [6.45, 7) is 5.33. The minimum atomic E-state index is -1.07. The Balaban J connectivity index is 1.92. The van der Waals surface area contributed by atoms with E-state index in [0.717, 1.165) is 28.8 Å². The van der Waals surface area contributed by atoms with Gasteiger partial charge in [0.2, 0.25) is 0 Å². The summed E-state index contributed by atoms with van der Waals surface area (Å²) in [5, 5.41) is 2.37. The summed E-state index contributed by atoms with van der Waals surface area (Å²) in [6, 6.07) is 8.62. The molecule has 0 aromatic heterocycles. The average molecular weight is 347 g/mol. The lowest BCUT2D eigenvalue weighted by molar-refractivity contribution is -0.152. The summed E-state index contributed by atoms with van der Waals surface area (Å²) < 4.78 is 31.1. The van der Waals surface area contributed by atoms with Gasteiger partial charge in [-0.05, 0) is 49.6 Å². The quantitative estimate of drug-likeness (QED) is 0.839. The predicted octanol–water partition coefficient (Wildman–Crippen LogP) is 3.69. The third-order valence-corrected chi connectivity index (χ3v) is 3.78. The molecule has 2 aromatic carbocycles. The third-order valence-electron chi connectivity index (χ3n) is 3.78. The molecule has 2 rings (SSSR count). The molecule has 0 heterocycles. The van der Waals surface area contributed by atoms with Gasteiger partial charge >= 0.3 is 5.97 Å². The van der Waals surface area contributed by atoms with Crippen molar-refractivity contribution in [3.63, 3.8) is 0 Å². The van der Waals surface area contributed by atoms with E-state index in [2.05, 4.69) is 5.32 Å². The molecule has 2 aromatic rings. The van der Waals surface area contributed by atoms with Crippen molar-refractivity contribution in [2.45, 2.75) is 33.3 Å². The first kappa shape index (κ1) is 18.6. The topological polar surface area (TPSA) is 55.4 Å². The van der Waals surface area contributed by atoms with E-state index in [1.54, 1.807) is 0 Å². The highest BCUT2D eigenvalue weighted by Crippen LogP contribution is 2.14. The summed E-state index contributed by atoms with van der Waals surface area (Å²) in [7, 11) is 0. The minimum absolute atomic E-state index is 0.0456. The van der Waals surface area contributed by atoms with Crippen LogP contribution in [0.25, 0.3) is 0 Å². The highest BCUT2D eigenvalue weighted by atomic mass is 19.2. The Labute approximate surface area is 144 Å². The number of rotatable bonds is 5. The van der Waals surface area contributed by atoms with Crippen LogP contribution in [-0.2, 0) is 20.7 Å². The van der Waals surface area contributed by atoms with Gasteiger partial charge in [0.25, 0.3) is 5.91 Å². The Morgan fingerprint density at radius 1 is 1.04 bits per heavy atom. The Morgan fingerprint density at radius 2 is 1.76 bits per heavy atom. The van der Waals surface area contributed by atoms with Crippen molar-refractivity contribution >= 4 is 17.6 Å². The molecular weight excluding hydrogens is 328 g/mol. The fourth-order valence-corrected chi connectivity index (χ4v) is 2.19. The van der Waals surface area contributed by atoms with E-state index in [0.29, 0.717) is 0 Å². The highest BCUT2D eigenvalue weighted by Gasteiger charge is 2.18. The lowest BCUT2D eigenvalue weighted by atomic mass is 10.0. The molecule has 25 heavy (non-hydrogen) atoms. The summed E-state index contributed by atoms with van der Waals surface area (Å²) >= 11 is 0. The van der Waals surface area contributed by atoms with Crippen molar-refractivity contribution in [2.24, 2.45) is 0 Å². The molecular formula is C19H19F2NO3. The van der Waals surface area contributed by atoms with Gasteiger partial charge in [-0.3, -0.25) is 9.59 Å². The lowest BCUT2D eigenvalue weighted by Gasteiger charge is -2.14. The average Bonchev–Trinajstić information content (AvgIpc) is 2.54. The standard InChI is InChI=1S/C19H19F2NO3/c1-11-4-5-14(8-12(11)2)9-18(23)25-13(3)19(24)22-15-6-7-16(20)17(21)10-15/h4-8,10,13H,9H2,1-3H3,(H,22,24)/t13-/m1/s1. The maximum atomic E-state index is 13.1. The van der Waals surface area contributed by atoms with Crippen LogP contribution in [0.1, 0.15) is 23.6 Å². The van der Waals surface area contributed by atoms with Crippen LogP contribution in [0.3, 0.4) is 0 Å².